The third-order valence-corrected chi connectivity index (χ3v) is 13.6. The van der Waals surface area contributed by atoms with Gasteiger partial charge in [0.2, 0.25) is 0 Å². The van der Waals surface area contributed by atoms with Gasteiger partial charge in [-0.25, -0.2) is 0 Å². The van der Waals surface area contributed by atoms with Gasteiger partial charge in [0, 0.05) is 46.5 Å². The third kappa shape index (κ3) is 5.09. The van der Waals surface area contributed by atoms with Crippen LogP contribution in [0.1, 0.15) is 70.2 Å². The Balaban J connectivity index is 0.939. The number of benzene rings is 7. The molecule has 7 aromatic carbocycles. The van der Waals surface area contributed by atoms with E-state index in [9.17, 15) is 0 Å². The lowest BCUT2D eigenvalue weighted by Gasteiger charge is -2.36. The molecule has 2 aliphatic heterocycles. The molecule has 0 N–H and O–H groups in total. The molecule has 0 saturated carbocycles. The maximum atomic E-state index is 2.65. The van der Waals surface area contributed by atoms with E-state index in [4.69, 9.17) is 0 Å². The van der Waals surface area contributed by atoms with Gasteiger partial charge in [-0.05, 0) is 135 Å². The normalized spacial score (nSPS) is 17.1. The van der Waals surface area contributed by atoms with Gasteiger partial charge in [-0.15, -0.1) is 0 Å². The standard InChI is InChI=1S/C55H44N2/c1-2-16-43-36-55(35-42(43)15-1)49-32-37(26-29-46(49)47-30-28-44(34-50(47)55)56-31-11-18-39-12-3-6-21-51(39)56)25-27-38-17-9-20-48-45(38)19-10-24-54(48)57-52-22-7-4-13-40(52)33-41-14-5-8-23-53(41)57/h1-5,7-10,12-17,19-20,22-30,32,34H,6,11,18,21,31,33,35-36H2/b27-25+. The molecule has 7 aromatic rings. The SMILES string of the molecule is C1=CC2=C(CC1)N(c1ccc3c(c1)C1(Cc4ccccc4C1)c1cc(/C=C/c4cccc5c(N6c7ccccc7Cc7ccccc76)cccc45)ccc1-3)CCC2. The van der Waals surface area contributed by atoms with Gasteiger partial charge < -0.3 is 9.80 Å². The number of hydrogen-bond acceptors (Lipinski definition) is 2. The van der Waals surface area contributed by atoms with Gasteiger partial charge in [-0.2, -0.15) is 0 Å². The molecule has 0 fully saturated rings. The lowest BCUT2D eigenvalue weighted by Crippen LogP contribution is -2.30. The molecule has 0 saturated heterocycles. The van der Waals surface area contributed by atoms with E-state index in [1.807, 2.05) is 0 Å². The number of para-hydroxylation sites is 2. The van der Waals surface area contributed by atoms with Gasteiger partial charge in [0.15, 0.2) is 0 Å². The van der Waals surface area contributed by atoms with Crippen LogP contribution < -0.4 is 9.80 Å². The van der Waals surface area contributed by atoms with E-state index in [0.29, 0.717) is 0 Å². The van der Waals surface area contributed by atoms with E-state index in [1.54, 1.807) is 11.3 Å². The van der Waals surface area contributed by atoms with E-state index in [-0.39, 0.29) is 5.41 Å². The first kappa shape index (κ1) is 32.8. The van der Waals surface area contributed by atoms with Crippen LogP contribution in [0.25, 0.3) is 34.1 Å². The zero-order valence-corrected chi connectivity index (χ0v) is 32.2. The molecule has 57 heavy (non-hydrogen) atoms. The molecule has 3 aliphatic carbocycles. The van der Waals surface area contributed by atoms with Crippen LogP contribution in [0.5, 0.6) is 0 Å². The second-order valence-electron chi connectivity index (χ2n) is 16.7. The number of hydrogen-bond donors (Lipinski definition) is 0. The number of rotatable bonds is 4. The maximum absolute atomic E-state index is 2.65. The summed E-state index contributed by atoms with van der Waals surface area (Å²) in [5.74, 6) is 0. The Kier molecular flexibility index (Phi) is 7.39. The molecule has 2 heterocycles. The minimum absolute atomic E-state index is 0.0664. The van der Waals surface area contributed by atoms with Crippen molar-refractivity contribution in [1.29, 1.82) is 0 Å². The lowest BCUT2D eigenvalue weighted by molar-refractivity contribution is 0.563. The third-order valence-electron chi connectivity index (χ3n) is 13.6. The van der Waals surface area contributed by atoms with Crippen molar-refractivity contribution in [1.82, 2.24) is 0 Å². The van der Waals surface area contributed by atoms with Crippen molar-refractivity contribution in [3.8, 4) is 11.1 Å². The van der Waals surface area contributed by atoms with Crippen molar-refractivity contribution < 1.29 is 0 Å². The largest absolute Gasteiger partial charge is 0.345 e. The highest BCUT2D eigenvalue weighted by molar-refractivity contribution is 6.04. The zero-order valence-electron chi connectivity index (χ0n) is 32.2. The highest BCUT2D eigenvalue weighted by atomic mass is 15.2. The molecule has 0 atom stereocenters. The fourth-order valence-electron chi connectivity index (χ4n) is 11.0. The Labute approximate surface area is 335 Å². The van der Waals surface area contributed by atoms with Crippen LogP contribution >= 0.6 is 0 Å². The van der Waals surface area contributed by atoms with Gasteiger partial charge in [-0.3, -0.25) is 0 Å². The molecule has 0 aromatic heterocycles. The highest BCUT2D eigenvalue weighted by Crippen LogP contribution is 2.57. The van der Waals surface area contributed by atoms with E-state index < -0.39 is 0 Å². The Morgan fingerprint density at radius 2 is 1.21 bits per heavy atom. The number of nitrogens with zero attached hydrogens (tertiary/aromatic N) is 2. The van der Waals surface area contributed by atoms with E-state index >= 15 is 0 Å². The molecule has 274 valence electrons. The van der Waals surface area contributed by atoms with Gasteiger partial charge in [0.25, 0.3) is 0 Å². The van der Waals surface area contributed by atoms with Crippen LogP contribution in [0.15, 0.2) is 169 Å². The Bertz CT molecular complexity index is 2820. The summed E-state index contributed by atoms with van der Waals surface area (Å²) in [6, 6.07) is 55.2. The van der Waals surface area contributed by atoms with Gasteiger partial charge >= 0.3 is 0 Å². The first-order valence-electron chi connectivity index (χ1n) is 20.9. The Hall–Kier alpha value is -6.38. The fourth-order valence-corrected chi connectivity index (χ4v) is 11.0. The predicted octanol–water partition coefficient (Wildman–Crippen LogP) is 13.7. The van der Waals surface area contributed by atoms with Crippen LogP contribution in [0, 0.1) is 0 Å². The van der Waals surface area contributed by atoms with E-state index in [1.165, 1.54) is 102 Å². The fraction of sp³-hybridized carbons (Fsp3) is 0.164. The first-order chi connectivity index (χ1) is 28.2. The molecule has 2 heteroatoms. The molecule has 1 spiro atoms. The second-order valence-corrected chi connectivity index (χ2v) is 16.7. The molecule has 0 unspecified atom stereocenters. The average Bonchev–Trinajstić information content (AvgIpc) is 3.79. The molecule has 0 bridgehead atoms. The van der Waals surface area contributed by atoms with Gasteiger partial charge in [0.05, 0.1) is 5.69 Å². The van der Waals surface area contributed by atoms with Crippen molar-refractivity contribution in [3.63, 3.8) is 0 Å². The highest BCUT2D eigenvalue weighted by Gasteiger charge is 2.47. The molecule has 2 nitrogen and oxygen atoms in total. The van der Waals surface area contributed by atoms with Crippen LogP contribution in [0.3, 0.4) is 0 Å². The van der Waals surface area contributed by atoms with Crippen molar-refractivity contribution in [2.45, 2.75) is 50.4 Å². The van der Waals surface area contributed by atoms with Gasteiger partial charge in [0.1, 0.15) is 0 Å². The van der Waals surface area contributed by atoms with Crippen molar-refractivity contribution in [3.05, 3.63) is 214 Å². The molecule has 0 radical (unpaired) electrons. The summed E-state index contributed by atoms with van der Waals surface area (Å²) >= 11 is 0. The first-order valence-corrected chi connectivity index (χ1v) is 20.9. The number of anilines is 4. The van der Waals surface area contributed by atoms with Crippen molar-refractivity contribution >= 4 is 45.7 Å². The minimum atomic E-state index is -0.0664. The predicted molar refractivity (Wildman–Crippen MR) is 239 cm³/mol. The molecule has 12 rings (SSSR count). The monoisotopic (exact) mass is 732 g/mol. The van der Waals surface area contributed by atoms with Gasteiger partial charge in [-0.1, -0.05) is 140 Å². The summed E-state index contributed by atoms with van der Waals surface area (Å²) in [6.07, 6.45) is 17.2. The molecule has 5 aliphatic rings. The Morgan fingerprint density at radius 3 is 2.00 bits per heavy atom. The van der Waals surface area contributed by atoms with E-state index in [0.717, 1.165) is 38.6 Å². The van der Waals surface area contributed by atoms with Crippen LogP contribution in [0.4, 0.5) is 22.7 Å². The summed E-state index contributed by atoms with van der Waals surface area (Å²) in [5.41, 5.74) is 22.1. The van der Waals surface area contributed by atoms with Crippen LogP contribution in [-0.2, 0) is 24.7 Å². The summed E-state index contributed by atoms with van der Waals surface area (Å²) in [5, 5.41) is 2.52. The summed E-state index contributed by atoms with van der Waals surface area (Å²) in [6.45, 7) is 1.11. The minimum Gasteiger partial charge on any atom is -0.345 e. The number of fused-ring (bicyclic) bond motifs is 9. The van der Waals surface area contributed by atoms with Crippen molar-refractivity contribution in [2.24, 2.45) is 0 Å². The lowest BCUT2D eigenvalue weighted by atomic mass is 9.75. The maximum Gasteiger partial charge on any atom is 0.0540 e. The van der Waals surface area contributed by atoms with Crippen LogP contribution in [0.2, 0.25) is 0 Å². The quantitative estimate of drug-likeness (QED) is 0.166. The smallest absolute Gasteiger partial charge is 0.0540 e. The zero-order chi connectivity index (χ0) is 37.5. The van der Waals surface area contributed by atoms with Crippen molar-refractivity contribution in [2.75, 3.05) is 16.3 Å². The Morgan fingerprint density at radius 1 is 0.544 bits per heavy atom. The molecule has 0 amide bonds. The summed E-state index contributed by atoms with van der Waals surface area (Å²) in [4.78, 5) is 5.12. The number of allylic oxidation sites excluding steroid dienone is 4. The average molecular weight is 733 g/mol. The van der Waals surface area contributed by atoms with Crippen LogP contribution in [-0.4, -0.2) is 6.54 Å². The molecular weight excluding hydrogens is 689 g/mol. The van der Waals surface area contributed by atoms with E-state index in [2.05, 4.69) is 180 Å². The summed E-state index contributed by atoms with van der Waals surface area (Å²) < 4.78 is 0. The topological polar surface area (TPSA) is 6.48 Å². The molecular formula is C55H44N2. The second kappa shape index (κ2) is 12.8. The summed E-state index contributed by atoms with van der Waals surface area (Å²) in [7, 11) is 0.